The van der Waals surface area contributed by atoms with Gasteiger partial charge in [-0.1, -0.05) is 25.5 Å². The molecule has 3 unspecified atom stereocenters. The van der Waals surface area contributed by atoms with Gasteiger partial charge in [-0.25, -0.2) is 0 Å². The van der Waals surface area contributed by atoms with E-state index in [1.165, 1.54) is 0 Å². The van der Waals surface area contributed by atoms with Crippen LogP contribution in [0.25, 0.3) is 0 Å². The summed E-state index contributed by atoms with van der Waals surface area (Å²) in [6.45, 7) is 4.33. The Morgan fingerprint density at radius 2 is 1.97 bits per heavy atom. The van der Waals surface area contributed by atoms with Gasteiger partial charge in [-0.15, -0.1) is 0 Å². The fourth-order valence-electron chi connectivity index (χ4n) is 8.33. The molecule has 4 fully saturated rings. The third kappa shape index (κ3) is 3.96. The molecule has 0 aromatic rings. The van der Waals surface area contributed by atoms with Gasteiger partial charge < -0.3 is 29.5 Å². The van der Waals surface area contributed by atoms with Gasteiger partial charge in [-0.3, -0.25) is 9.59 Å². The molecule has 0 bridgehead atoms. The highest BCUT2D eigenvalue weighted by molar-refractivity contribution is 6.01. The minimum absolute atomic E-state index is 0.0193. The maximum atomic E-state index is 13.1. The van der Waals surface area contributed by atoms with Gasteiger partial charge >= 0.3 is 0 Å². The van der Waals surface area contributed by atoms with Crippen LogP contribution in [0, 0.1) is 28.6 Å². The van der Waals surface area contributed by atoms with E-state index in [4.69, 9.17) is 14.2 Å². The molecule has 1 saturated heterocycles. The molecule has 0 aromatic carbocycles. The van der Waals surface area contributed by atoms with Crippen molar-refractivity contribution in [3.8, 4) is 0 Å². The third-order valence-corrected chi connectivity index (χ3v) is 10.1. The van der Waals surface area contributed by atoms with Crippen LogP contribution < -0.4 is 0 Å². The molecule has 36 heavy (non-hydrogen) atoms. The van der Waals surface area contributed by atoms with Crippen molar-refractivity contribution >= 4 is 11.6 Å². The van der Waals surface area contributed by atoms with Crippen molar-refractivity contribution in [2.75, 3.05) is 26.4 Å². The number of hydrogen-bond acceptors (Lipinski definition) is 8. The van der Waals surface area contributed by atoms with Gasteiger partial charge in [0, 0.05) is 23.4 Å². The molecule has 8 heteroatoms. The number of aliphatic hydroxyl groups excluding tert-OH is 2. The van der Waals surface area contributed by atoms with Crippen molar-refractivity contribution in [3.05, 3.63) is 23.8 Å². The third-order valence-electron chi connectivity index (χ3n) is 10.1. The van der Waals surface area contributed by atoms with Crippen LogP contribution in [-0.4, -0.2) is 77.4 Å². The van der Waals surface area contributed by atoms with Gasteiger partial charge in [-0.05, 0) is 68.9 Å². The second kappa shape index (κ2) is 9.71. The zero-order valence-electron chi connectivity index (χ0n) is 21.4. The van der Waals surface area contributed by atoms with Crippen LogP contribution in [0.1, 0.15) is 58.8 Å². The van der Waals surface area contributed by atoms with Crippen LogP contribution >= 0.6 is 0 Å². The number of ether oxygens (including phenoxy) is 3. The Hall–Kier alpha value is -1.42. The van der Waals surface area contributed by atoms with Crippen molar-refractivity contribution in [3.63, 3.8) is 0 Å². The fourth-order valence-corrected chi connectivity index (χ4v) is 8.33. The molecule has 8 nitrogen and oxygen atoms in total. The van der Waals surface area contributed by atoms with E-state index < -0.39 is 41.0 Å². The van der Waals surface area contributed by atoms with Gasteiger partial charge in [0.15, 0.2) is 23.5 Å². The molecular weight excluding hydrogens is 464 g/mol. The molecule has 0 spiro atoms. The van der Waals surface area contributed by atoms with Gasteiger partial charge in [0.25, 0.3) is 0 Å². The minimum Gasteiger partial charge on any atom is -0.393 e. The second-order valence-corrected chi connectivity index (χ2v) is 11.8. The van der Waals surface area contributed by atoms with Gasteiger partial charge in [0.2, 0.25) is 0 Å². The Balaban J connectivity index is 1.38. The quantitative estimate of drug-likeness (QED) is 0.451. The van der Waals surface area contributed by atoms with E-state index in [-0.39, 0.29) is 49.5 Å². The van der Waals surface area contributed by atoms with Gasteiger partial charge in [0.1, 0.15) is 6.61 Å². The number of fused-ring (bicyclic) bond motifs is 5. The molecule has 0 amide bonds. The molecule has 0 aromatic heterocycles. The van der Waals surface area contributed by atoms with E-state index in [2.05, 4.69) is 6.92 Å². The Kier molecular flexibility index (Phi) is 7.07. The molecule has 1 aliphatic heterocycles. The first-order valence-corrected chi connectivity index (χ1v) is 13.5. The summed E-state index contributed by atoms with van der Waals surface area (Å²) in [4.78, 5) is 25.2. The van der Waals surface area contributed by atoms with Crippen LogP contribution in [0.5, 0.6) is 0 Å². The molecule has 5 rings (SSSR count). The molecule has 3 N–H and O–H groups in total. The number of rotatable bonds is 7. The zero-order chi connectivity index (χ0) is 25.7. The topological polar surface area (TPSA) is 123 Å². The number of carbonyl (C=O) groups excluding carboxylic acids is 2. The SMILES string of the molecule is C[C@]12C=CC(=O)C=C1CC[C@@H]1[C@@H]2C(O)C[C@@]2(C)[C@H]1CC(OCCOC1CCCCO1)[C@]2(O)C(=O)CO. The van der Waals surface area contributed by atoms with Crippen LogP contribution in [0.15, 0.2) is 23.8 Å². The molecule has 200 valence electrons. The predicted molar refractivity (Wildman–Crippen MR) is 130 cm³/mol. The lowest BCUT2D eigenvalue weighted by Crippen LogP contribution is -2.64. The smallest absolute Gasteiger partial charge is 0.192 e. The Labute approximate surface area is 212 Å². The van der Waals surface area contributed by atoms with Crippen molar-refractivity contribution in [1.29, 1.82) is 0 Å². The highest BCUT2D eigenvalue weighted by Gasteiger charge is 2.71. The predicted octanol–water partition coefficient (Wildman–Crippen LogP) is 2.10. The molecule has 1 heterocycles. The maximum absolute atomic E-state index is 13.1. The first-order chi connectivity index (χ1) is 17.1. The minimum atomic E-state index is -1.91. The summed E-state index contributed by atoms with van der Waals surface area (Å²) in [6, 6.07) is 0. The summed E-state index contributed by atoms with van der Waals surface area (Å²) in [6.07, 6.45) is 8.53. The number of hydrogen-bond donors (Lipinski definition) is 3. The van der Waals surface area contributed by atoms with Crippen LogP contribution in [0.3, 0.4) is 0 Å². The number of allylic oxidation sites excluding steroid dienone is 4. The van der Waals surface area contributed by atoms with Crippen molar-refractivity contribution in [2.24, 2.45) is 28.6 Å². The first kappa shape index (κ1) is 26.2. The lowest BCUT2D eigenvalue weighted by atomic mass is 9.46. The average molecular weight is 505 g/mol. The van der Waals surface area contributed by atoms with E-state index in [1.54, 1.807) is 12.2 Å². The summed E-state index contributed by atoms with van der Waals surface area (Å²) in [5.74, 6) is -0.848. The summed E-state index contributed by atoms with van der Waals surface area (Å²) >= 11 is 0. The van der Waals surface area contributed by atoms with Crippen LogP contribution in [-0.2, 0) is 23.8 Å². The number of aliphatic hydroxyl groups is 3. The molecule has 9 atom stereocenters. The summed E-state index contributed by atoms with van der Waals surface area (Å²) in [5.41, 5.74) is -2.25. The molecule has 0 radical (unpaired) electrons. The maximum Gasteiger partial charge on any atom is 0.192 e. The van der Waals surface area contributed by atoms with E-state index in [0.717, 1.165) is 37.7 Å². The molecule has 3 saturated carbocycles. The lowest BCUT2D eigenvalue weighted by molar-refractivity contribution is -0.201. The number of ketones is 2. The number of carbonyl (C=O) groups is 2. The zero-order valence-corrected chi connectivity index (χ0v) is 21.4. The lowest BCUT2D eigenvalue weighted by Gasteiger charge is -2.59. The largest absolute Gasteiger partial charge is 0.393 e. The normalized spacial score (nSPS) is 46.0. The van der Waals surface area contributed by atoms with Gasteiger partial charge in [0.05, 0.1) is 25.4 Å². The van der Waals surface area contributed by atoms with E-state index in [0.29, 0.717) is 13.0 Å². The first-order valence-electron chi connectivity index (χ1n) is 13.5. The highest BCUT2D eigenvalue weighted by Crippen LogP contribution is 2.67. The molecular formula is C28H40O8. The average Bonchev–Trinajstić information content (AvgIpc) is 3.09. The van der Waals surface area contributed by atoms with Crippen LogP contribution in [0.4, 0.5) is 0 Å². The molecule has 5 aliphatic rings. The van der Waals surface area contributed by atoms with Crippen molar-refractivity contribution in [1.82, 2.24) is 0 Å². The Morgan fingerprint density at radius 3 is 2.69 bits per heavy atom. The number of Topliss-reactive ketones (excluding diaryl/α,β-unsaturated/α-hetero) is 1. The summed E-state index contributed by atoms with van der Waals surface area (Å²) in [7, 11) is 0. The summed E-state index contributed by atoms with van der Waals surface area (Å²) in [5, 5.41) is 33.3. The van der Waals surface area contributed by atoms with Crippen molar-refractivity contribution < 1.29 is 39.1 Å². The highest BCUT2D eigenvalue weighted by atomic mass is 16.7. The van der Waals surface area contributed by atoms with E-state index in [1.807, 2.05) is 13.0 Å². The molecule has 4 aliphatic carbocycles. The van der Waals surface area contributed by atoms with Crippen molar-refractivity contribution in [2.45, 2.75) is 82.9 Å². The van der Waals surface area contributed by atoms with Gasteiger partial charge in [-0.2, -0.15) is 0 Å². The standard InChI is InChI=1S/C28H40O8/c1-26-9-8-18(30)13-17(26)6-7-19-20-14-23(34-11-12-36-24-5-3-4-10-35-24)28(33,22(32)16-29)27(20,2)15-21(31)25(19)26/h8-9,13,19-21,23-25,29,31,33H,3-7,10-12,14-16H2,1-2H3/t19-,20-,21?,23?,24?,25+,26-,27-,28+/m0/s1. The van der Waals surface area contributed by atoms with E-state index in [9.17, 15) is 24.9 Å². The van der Waals surface area contributed by atoms with E-state index >= 15 is 0 Å². The Morgan fingerprint density at radius 1 is 1.19 bits per heavy atom. The Bertz CT molecular complexity index is 938. The monoisotopic (exact) mass is 504 g/mol. The summed E-state index contributed by atoms with van der Waals surface area (Å²) < 4.78 is 17.5. The van der Waals surface area contributed by atoms with Crippen LogP contribution in [0.2, 0.25) is 0 Å². The second-order valence-electron chi connectivity index (χ2n) is 11.8. The fraction of sp³-hybridized carbons (Fsp3) is 0.786.